The smallest absolute Gasteiger partial charge is 0.394 e. The quantitative estimate of drug-likeness (QED) is 0.903. The summed E-state index contributed by atoms with van der Waals surface area (Å²) in [5.41, 5.74) is 0. The van der Waals surface area contributed by atoms with E-state index in [4.69, 9.17) is 0 Å². The van der Waals surface area contributed by atoms with Crippen LogP contribution in [0, 0.1) is 0 Å². The minimum atomic E-state index is -4.50. The highest BCUT2D eigenvalue weighted by molar-refractivity contribution is 7.09. The topological polar surface area (TPSA) is 49.2 Å². The Balaban J connectivity index is 2.20. The number of anilines is 1. The molecule has 1 aromatic rings. The van der Waals surface area contributed by atoms with E-state index in [-0.39, 0.29) is 17.8 Å². The molecule has 1 aliphatic rings. The highest BCUT2D eigenvalue weighted by Gasteiger charge is 2.37. The van der Waals surface area contributed by atoms with Crippen molar-refractivity contribution in [1.29, 1.82) is 0 Å². The number of hydrogen-bond donors (Lipinski definition) is 1. The molecule has 0 spiro atoms. The van der Waals surface area contributed by atoms with E-state index in [9.17, 15) is 18.3 Å². The molecule has 1 unspecified atom stereocenters. The Morgan fingerprint density at radius 2 is 2.11 bits per heavy atom. The van der Waals surface area contributed by atoms with Crippen LogP contribution in [0.3, 0.4) is 0 Å². The molecule has 4 nitrogen and oxygen atoms in total. The third-order valence-corrected chi connectivity index (χ3v) is 3.76. The number of aliphatic hydroxyl groups excluding tert-OH is 1. The molecule has 2 heterocycles. The van der Waals surface area contributed by atoms with E-state index in [0.717, 1.165) is 37.2 Å². The molecular formula is C10H14F3N3OS. The summed E-state index contributed by atoms with van der Waals surface area (Å²) in [6.07, 6.45) is -0.825. The number of rotatable bonds is 2. The molecule has 8 heteroatoms. The first-order valence-electron chi connectivity index (χ1n) is 5.81. The Morgan fingerprint density at radius 1 is 1.33 bits per heavy atom. The van der Waals surface area contributed by atoms with E-state index in [2.05, 4.69) is 9.36 Å². The van der Waals surface area contributed by atoms with E-state index in [1.165, 1.54) is 0 Å². The van der Waals surface area contributed by atoms with Gasteiger partial charge in [0.2, 0.25) is 11.0 Å². The van der Waals surface area contributed by atoms with Crippen LogP contribution in [-0.2, 0) is 6.18 Å². The summed E-state index contributed by atoms with van der Waals surface area (Å²) < 4.78 is 40.7. The molecule has 0 aromatic carbocycles. The molecule has 1 saturated heterocycles. The van der Waals surface area contributed by atoms with Crippen LogP contribution in [0.4, 0.5) is 18.3 Å². The van der Waals surface area contributed by atoms with Gasteiger partial charge in [-0.25, -0.2) is 0 Å². The molecule has 0 radical (unpaired) electrons. The summed E-state index contributed by atoms with van der Waals surface area (Å²) >= 11 is 0.745. The van der Waals surface area contributed by atoms with Gasteiger partial charge in [0.25, 0.3) is 0 Å². The van der Waals surface area contributed by atoms with E-state index >= 15 is 0 Å². The van der Waals surface area contributed by atoms with Gasteiger partial charge in [0.1, 0.15) is 0 Å². The fourth-order valence-corrected chi connectivity index (χ4v) is 2.85. The lowest BCUT2D eigenvalue weighted by molar-refractivity contribution is -0.144. The van der Waals surface area contributed by atoms with Gasteiger partial charge in [-0.1, -0.05) is 12.8 Å². The Morgan fingerprint density at radius 3 is 2.72 bits per heavy atom. The molecule has 0 aliphatic carbocycles. The van der Waals surface area contributed by atoms with Gasteiger partial charge in [-0.15, -0.1) is 0 Å². The summed E-state index contributed by atoms with van der Waals surface area (Å²) in [5, 5.41) is 9.56. The van der Waals surface area contributed by atoms with Crippen molar-refractivity contribution in [2.24, 2.45) is 0 Å². The average molecular weight is 281 g/mol. The highest BCUT2D eigenvalue weighted by Crippen LogP contribution is 2.32. The van der Waals surface area contributed by atoms with Crippen molar-refractivity contribution in [3.63, 3.8) is 0 Å². The molecular weight excluding hydrogens is 267 g/mol. The summed E-state index contributed by atoms with van der Waals surface area (Å²) in [5.74, 6) is -1.09. The van der Waals surface area contributed by atoms with Crippen molar-refractivity contribution in [2.75, 3.05) is 18.1 Å². The van der Waals surface area contributed by atoms with Gasteiger partial charge in [-0.05, 0) is 12.8 Å². The van der Waals surface area contributed by atoms with Crippen molar-refractivity contribution in [2.45, 2.75) is 37.9 Å². The maximum atomic E-state index is 12.4. The van der Waals surface area contributed by atoms with E-state index in [0.29, 0.717) is 6.54 Å². The SMILES string of the molecule is OCC1CCCCCN1c1nc(C(F)(F)F)ns1. The van der Waals surface area contributed by atoms with Crippen LogP contribution in [0.15, 0.2) is 0 Å². The molecule has 102 valence electrons. The summed E-state index contributed by atoms with van der Waals surface area (Å²) in [6, 6.07) is -0.151. The predicted molar refractivity (Wildman–Crippen MR) is 61.6 cm³/mol. The molecule has 1 N–H and O–H groups in total. The minimum Gasteiger partial charge on any atom is -0.394 e. The fourth-order valence-electron chi connectivity index (χ4n) is 2.07. The van der Waals surface area contributed by atoms with Crippen LogP contribution < -0.4 is 4.90 Å². The van der Waals surface area contributed by atoms with Crippen LogP contribution in [-0.4, -0.2) is 33.7 Å². The van der Waals surface area contributed by atoms with Crippen molar-refractivity contribution in [1.82, 2.24) is 9.36 Å². The van der Waals surface area contributed by atoms with Crippen LogP contribution in [0.5, 0.6) is 0 Å². The molecule has 1 fully saturated rings. The predicted octanol–water partition coefficient (Wildman–Crippen LogP) is 2.30. The molecule has 0 amide bonds. The van der Waals surface area contributed by atoms with E-state index < -0.39 is 12.0 Å². The standard InChI is InChI=1S/C10H14F3N3OS/c11-10(12,13)8-14-9(18-15-8)16-5-3-1-2-4-7(16)6-17/h7,17H,1-6H2. The van der Waals surface area contributed by atoms with E-state index in [1.807, 2.05) is 0 Å². The van der Waals surface area contributed by atoms with Crippen LogP contribution >= 0.6 is 11.5 Å². The molecule has 1 aliphatic heterocycles. The first kappa shape index (κ1) is 13.5. The van der Waals surface area contributed by atoms with Gasteiger partial charge in [0, 0.05) is 18.1 Å². The third kappa shape index (κ3) is 2.92. The van der Waals surface area contributed by atoms with Gasteiger partial charge in [-0.3, -0.25) is 0 Å². The monoisotopic (exact) mass is 281 g/mol. The molecule has 18 heavy (non-hydrogen) atoms. The maximum Gasteiger partial charge on any atom is 0.452 e. The van der Waals surface area contributed by atoms with Gasteiger partial charge < -0.3 is 10.0 Å². The second-order valence-electron chi connectivity index (χ2n) is 4.28. The van der Waals surface area contributed by atoms with Crippen molar-refractivity contribution in [3.8, 4) is 0 Å². The zero-order chi connectivity index (χ0) is 13.2. The Kier molecular flexibility index (Phi) is 4.06. The molecule has 1 aromatic heterocycles. The number of aliphatic hydroxyl groups is 1. The molecule has 0 bridgehead atoms. The summed E-state index contributed by atoms with van der Waals surface area (Å²) in [6.45, 7) is 0.554. The molecule has 1 atom stereocenters. The normalized spacial score (nSPS) is 22.0. The van der Waals surface area contributed by atoms with Crippen LogP contribution in [0.25, 0.3) is 0 Å². The van der Waals surface area contributed by atoms with Gasteiger partial charge >= 0.3 is 6.18 Å². The van der Waals surface area contributed by atoms with Crippen LogP contribution in [0.1, 0.15) is 31.5 Å². The highest BCUT2D eigenvalue weighted by atomic mass is 32.1. The lowest BCUT2D eigenvalue weighted by Crippen LogP contribution is -2.37. The van der Waals surface area contributed by atoms with Gasteiger partial charge in [0.15, 0.2) is 0 Å². The molecule has 2 rings (SSSR count). The van der Waals surface area contributed by atoms with Crippen molar-refractivity contribution in [3.05, 3.63) is 5.82 Å². The second-order valence-corrected chi connectivity index (χ2v) is 5.01. The number of halogens is 3. The van der Waals surface area contributed by atoms with Crippen LogP contribution in [0.2, 0.25) is 0 Å². The van der Waals surface area contributed by atoms with Gasteiger partial charge in [-0.2, -0.15) is 22.5 Å². The number of aromatic nitrogens is 2. The number of hydrogen-bond acceptors (Lipinski definition) is 5. The fraction of sp³-hybridized carbons (Fsp3) is 0.800. The summed E-state index contributed by atoms with van der Waals surface area (Å²) in [4.78, 5) is 5.29. The zero-order valence-electron chi connectivity index (χ0n) is 9.65. The van der Waals surface area contributed by atoms with Gasteiger partial charge in [0.05, 0.1) is 12.6 Å². The largest absolute Gasteiger partial charge is 0.452 e. The Labute approximate surface area is 107 Å². The van der Waals surface area contributed by atoms with Crippen molar-refractivity contribution < 1.29 is 18.3 Å². The lowest BCUT2D eigenvalue weighted by atomic mass is 10.1. The minimum absolute atomic E-state index is 0.0685. The van der Waals surface area contributed by atoms with Crippen molar-refractivity contribution >= 4 is 16.7 Å². The number of nitrogens with zero attached hydrogens (tertiary/aromatic N) is 3. The number of alkyl halides is 3. The van der Waals surface area contributed by atoms with E-state index in [1.54, 1.807) is 4.90 Å². The first-order valence-corrected chi connectivity index (χ1v) is 6.58. The second kappa shape index (κ2) is 5.40. The Hall–Kier alpha value is -0.890. The summed E-state index contributed by atoms with van der Waals surface area (Å²) in [7, 11) is 0. The lowest BCUT2D eigenvalue weighted by Gasteiger charge is -2.27. The average Bonchev–Trinajstić information content (AvgIpc) is 2.68. The third-order valence-electron chi connectivity index (χ3n) is 3.00. The first-order chi connectivity index (χ1) is 8.52. The maximum absolute atomic E-state index is 12.4. The zero-order valence-corrected chi connectivity index (χ0v) is 10.5. The Bertz CT molecular complexity index is 396. The molecule has 0 saturated carbocycles.